The van der Waals surface area contributed by atoms with Crippen LogP contribution in [-0.4, -0.2) is 31.4 Å². The van der Waals surface area contributed by atoms with Gasteiger partial charge in [0, 0.05) is 30.3 Å². The van der Waals surface area contributed by atoms with Crippen molar-refractivity contribution in [3.05, 3.63) is 90.0 Å². The van der Waals surface area contributed by atoms with Gasteiger partial charge in [-0.1, -0.05) is 18.2 Å². The summed E-state index contributed by atoms with van der Waals surface area (Å²) in [6.07, 6.45) is 3.54. The Bertz CT molecular complexity index is 1230. The molecule has 8 nitrogen and oxygen atoms in total. The van der Waals surface area contributed by atoms with E-state index in [-0.39, 0.29) is 6.54 Å². The Labute approximate surface area is 179 Å². The minimum absolute atomic E-state index is 0.229. The molecule has 2 amide bonds. The van der Waals surface area contributed by atoms with Crippen molar-refractivity contribution in [3.8, 4) is 11.4 Å². The first-order chi connectivity index (χ1) is 15.0. The van der Waals surface area contributed by atoms with Gasteiger partial charge in [-0.05, 0) is 61.9 Å². The third-order valence-electron chi connectivity index (χ3n) is 4.70. The Hall–Kier alpha value is -4.20. The Balaban J connectivity index is 1.38. The Morgan fingerprint density at radius 2 is 1.74 bits per heavy atom. The van der Waals surface area contributed by atoms with Gasteiger partial charge in [-0.15, -0.1) is 0 Å². The van der Waals surface area contributed by atoms with E-state index in [9.17, 15) is 9.59 Å². The fraction of sp³-hybridized carbons (Fsp3) is 0.130. The number of aryl methyl sites for hydroxylation is 2. The first-order valence-corrected chi connectivity index (χ1v) is 9.81. The van der Waals surface area contributed by atoms with Gasteiger partial charge in [0.25, 0.3) is 0 Å². The van der Waals surface area contributed by atoms with Gasteiger partial charge < -0.3 is 10.6 Å². The molecule has 0 aliphatic rings. The van der Waals surface area contributed by atoms with Crippen molar-refractivity contribution in [1.29, 1.82) is 0 Å². The summed E-state index contributed by atoms with van der Waals surface area (Å²) in [6.45, 7) is 4.11. The number of rotatable bonds is 5. The summed E-state index contributed by atoms with van der Waals surface area (Å²) in [7, 11) is 0. The van der Waals surface area contributed by atoms with E-state index in [1.165, 1.54) is 0 Å². The second-order valence-corrected chi connectivity index (χ2v) is 7.15. The Kier molecular flexibility index (Phi) is 5.61. The van der Waals surface area contributed by atoms with E-state index >= 15 is 0 Å². The summed E-state index contributed by atoms with van der Waals surface area (Å²) >= 11 is 0. The summed E-state index contributed by atoms with van der Waals surface area (Å²) in [6, 6.07) is 18.6. The smallest absolute Gasteiger partial charge is 0.313 e. The van der Waals surface area contributed by atoms with Crippen molar-refractivity contribution in [2.24, 2.45) is 0 Å². The van der Waals surface area contributed by atoms with E-state index in [2.05, 4.69) is 20.8 Å². The van der Waals surface area contributed by atoms with Crippen LogP contribution in [0.15, 0.2) is 73.1 Å². The highest BCUT2D eigenvalue weighted by Gasteiger charge is 2.14. The lowest BCUT2D eigenvalue weighted by Crippen LogP contribution is -2.35. The fourth-order valence-electron chi connectivity index (χ4n) is 3.29. The Morgan fingerprint density at radius 3 is 2.48 bits per heavy atom. The molecule has 0 atom stereocenters. The van der Waals surface area contributed by atoms with Crippen LogP contribution in [0.25, 0.3) is 11.4 Å². The zero-order valence-corrected chi connectivity index (χ0v) is 17.2. The first-order valence-electron chi connectivity index (χ1n) is 9.81. The lowest BCUT2D eigenvalue weighted by atomic mass is 10.2. The highest BCUT2D eigenvalue weighted by molar-refractivity contribution is 6.39. The molecule has 0 saturated carbocycles. The maximum Gasteiger partial charge on any atom is 0.313 e. The van der Waals surface area contributed by atoms with Crippen LogP contribution in [0, 0.1) is 13.8 Å². The highest BCUT2D eigenvalue weighted by atomic mass is 16.2. The molecule has 2 heterocycles. The normalized spacial score (nSPS) is 10.6. The summed E-state index contributed by atoms with van der Waals surface area (Å²) in [5, 5.41) is 13.9. The molecule has 2 aromatic heterocycles. The van der Waals surface area contributed by atoms with Crippen LogP contribution in [0.1, 0.15) is 17.0 Å². The summed E-state index contributed by atoms with van der Waals surface area (Å²) in [5.74, 6) is -1.44. The van der Waals surface area contributed by atoms with E-state index in [0.29, 0.717) is 5.69 Å². The second-order valence-electron chi connectivity index (χ2n) is 7.15. The van der Waals surface area contributed by atoms with E-state index in [1.54, 1.807) is 33.8 Å². The molecule has 0 bridgehead atoms. The van der Waals surface area contributed by atoms with Crippen molar-refractivity contribution in [3.63, 3.8) is 0 Å². The average molecular weight is 414 g/mol. The molecule has 4 aromatic rings. The largest absolute Gasteiger partial charge is 0.344 e. The fourth-order valence-corrected chi connectivity index (χ4v) is 3.29. The number of carbonyl (C=O) groups is 2. The number of aromatic nitrogens is 4. The van der Waals surface area contributed by atoms with Crippen LogP contribution >= 0.6 is 0 Å². The lowest BCUT2D eigenvalue weighted by molar-refractivity contribution is -0.136. The van der Waals surface area contributed by atoms with Gasteiger partial charge in [-0.3, -0.25) is 9.59 Å². The molecule has 0 aliphatic heterocycles. The zero-order valence-electron chi connectivity index (χ0n) is 17.2. The van der Waals surface area contributed by atoms with Crippen LogP contribution < -0.4 is 10.6 Å². The second kappa shape index (κ2) is 8.66. The minimum Gasteiger partial charge on any atom is -0.344 e. The third kappa shape index (κ3) is 4.69. The number of nitrogens with zero attached hydrogens (tertiary/aromatic N) is 4. The third-order valence-corrected chi connectivity index (χ3v) is 4.70. The number of hydrogen-bond acceptors (Lipinski definition) is 4. The summed E-state index contributed by atoms with van der Waals surface area (Å²) < 4.78 is 3.52. The van der Waals surface area contributed by atoms with E-state index in [0.717, 1.165) is 28.3 Å². The molecule has 0 saturated heterocycles. The monoisotopic (exact) mass is 414 g/mol. The first kappa shape index (κ1) is 20.1. The molecule has 31 heavy (non-hydrogen) atoms. The maximum atomic E-state index is 12.3. The number of hydrogen-bond donors (Lipinski definition) is 2. The maximum absolute atomic E-state index is 12.3. The van der Waals surface area contributed by atoms with Crippen molar-refractivity contribution in [2.45, 2.75) is 20.4 Å². The standard InChI is InChI=1S/C23H22N6O2/c1-16-12-17(2)29(27-16)21-9-4-7-19(14-21)26-23(31)22(30)24-15-18-6-3-8-20(13-18)28-11-5-10-25-28/h3-14H,15H2,1-2H3,(H,24,30)(H,26,31). The molecular weight excluding hydrogens is 392 g/mol. The van der Waals surface area contributed by atoms with Crippen LogP contribution in [-0.2, 0) is 16.1 Å². The van der Waals surface area contributed by atoms with Gasteiger partial charge in [0.05, 0.1) is 17.1 Å². The van der Waals surface area contributed by atoms with Gasteiger partial charge in [-0.2, -0.15) is 10.2 Å². The van der Waals surface area contributed by atoms with Gasteiger partial charge >= 0.3 is 11.8 Å². The number of carbonyl (C=O) groups excluding carboxylic acids is 2. The van der Waals surface area contributed by atoms with Crippen LogP contribution in [0.4, 0.5) is 5.69 Å². The SMILES string of the molecule is Cc1cc(C)n(-c2cccc(NC(=O)C(=O)NCc3cccc(-n4cccn4)c3)c2)n1. The summed E-state index contributed by atoms with van der Waals surface area (Å²) in [5.41, 5.74) is 4.95. The number of nitrogens with one attached hydrogen (secondary N) is 2. The predicted molar refractivity (Wildman–Crippen MR) is 117 cm³/mol. The Morgan fingerprint density at radius 1 is 0.935 bits per heavy atom. The molecule has 8 heteroatoms. The average Bonchev–Trinajstić information content (AvgIpc) is 3.42. The van der Waals surface area contributed by atoms with Gasteiger partial charge in [-0.25, -0.2) is 9.36 Å². The minimum atomic E-state index is -0.728. The summed E-state index contributed by atoms with van der Waals surface area (Å²) in [4.78, 5) is 24.6. The van der Waals surface area contributed by atoms with E-state index < -0.39 is 11.8 Å². The zero-order chi connectivity index (χ0) is 21.8. The van der Waals surface area contributed by atoms with Crippen molar-refractivity contribution in [2.75, 3.05) is 5.32 Å². The highest BCUT2D eigenvalue weighted by Crippen LogP contribution is 2.17. The predicted octanol–water partition coefficient (Wildman–Crippen LogP) is 2.93. The molecule has 4 rings (SSSR count). The molecule has 156 valence electrons. The molecule has 0 aliphatic carbocycles. The van der Waals surface area contributed by atoms with Gasteiger partial charge in [0.15, 0.2) is 0 Å². The van der Waals surface area contributed by atoms with Crippen molar-refractivity contribution >= 4 is 17.5 Å². The van der Waals surface area contributed by atoms with Crippen molar-refractivity contribution in [1.82, 2.24) is 24.9 Å². The van der Waals surface area contributed by atoms with Crippen molar-refractivity contribution < 1.29 is 9.59 Å². The van der Waals surface area contributed by atoms with Crippen LogP contribution in [0.2, 0.25) is 0 Å². The molecule has 2 aromatic carbocycles. The lowest BCUT2D eigenvalue weighted by Gasteiger charge is -2.10. The number of benzene rings is 2. The van der Waals surface area contributed by atoms with Gasteiger partial charge in [0.2, 0.25) is 0 Å². The molecule has 0 spiro atoms. The van der Waals surface area contributed by atoms with Crippen LogP contribution in [0.5, 0.6) is 0 Å². The quantitative estimate of drug-likeness (QED) is 0.491. The van der Waals surface area contributed by atoms with Crippen LogP contribution in [0.3, 0.4) is 0 Å². The number of amides is 2. The topological polar surface area (TPSA) is 93.8 Å². The molecule has 0 fully saturated rings. The molecular formula is C23H22N6O2. The van der Waals surface area contributed by atoms with Gasteiger partial charge in [0.1, 0.15) is 0 Å². The molecule has 2 N–H and O–H groups in total. The van der Waals surface area contributed by atoms with E-state index in [4.69, 9.17) is 0 Å². The molecule has 0 radical (unpaired) electrons. The van der Waals surface area contributed by atoms with E-state index in [1.807, 2.05) is 62.5 Å². The number of anilines is 1. The molecule has 0 unspecified atom stereocenters.